The summed E-state index contributed by atoms with van der Waals surface area (Å²) >= 11 is 2.38. The smallest absolute Gasteiger partial charge is 0.306 e. The lowest BCUT2D eigenvalue weighted by Crippen LogP contribution is -2.60. The highest BCUT2D eigenvalue weighted by atomic mass is 127. The number of carbonyl (C=O) groups is 1. The minimum atomic E-state index is -0.479. The lowest BCUT2D eigenvalue weighted by molar-refractivity contribution is -0.299. The van der Waals surface area contributed by atoms with E-state index in [1.165, 1.54) is 17.3 Å². The van der Waals surface area contributed by atoms with Crippen molar-refractivity contribution < 1.29 is 14.7 Å². The highest BCUT2D eigenvalue weighted by Crippen LogP contribution is 2.38. The molecule has 21 heavy (non-hydrogen) atoms. The van der Waals surface area contributed by atoms with E-state index in [-0.39, 0.29) is 12.1 Å². The Balaban J connectivity index is 2.39. The Hall–Kier alpha value is 0.120. The fourth-order valence-corrected chi connectivity index (χ4v) is 3.76. The molecule has 1 heterocycles. The molecule has 123 valence electrons. The van der Waals surface area contributed by atoms with E-state index in [0.717, 1.165) is 17.9 Å². The third-order valence-corrected chi connectivity index (χ3v) is 4.88. The van der Waals surface area contributed by atoms with E-state index >= 15 is 0 Å². The monoisotopic (exact) mass is 410 g/mol. The molecule has 0 aromatic carbocycles. The molecule has 5 heteroatoms. The number of halogens is 1. The Kier molecular flexibility index (Phi) is 7.40. The summed E-state index contributed by atoms with van der Waals surface area (Å²) in [4.78, 5) is 11.9. The summed E-state index contributed by atoms with van der Waals surface area (Å²) in [5, 5.41) is 13.4. The summed E-state index contributed by atoms with van der Waals surface area (Å²) < 4.78 is 6.79. The highest BCUT2D eigenvalue weighted by Gasteiger charge is 2.47. The zero-order chi connectivity index (χ0) is 16.1. The SMILES string of the molecule is CC1(C)CC(OC(=O)CCCCCCI)CC(C)(C)N1[O]. The Bertz CT molecular complexity index is 326. The van der Waals surface area contributed by atoms with Crippen LogP contribution in [0.15, 0.2) is 0 Å². The first-order valence-electron chi connectivity index (χ1n) is 7.92. The van der Waals surface area contributed by atoms with Gasteiger partial charge in [-0.15, -0.1) is 10.3 Å². The second kappa shape index (κ2) is 8.11. The first kappa shape index (κ1) is 19.2. The van der Waals surface area contributed by atoms with Crippen molar-refractivity contribution in [2.75, 3.05) is 4.43 Å². The second-order valence-corrected chi connectivity index (χ2v) is 8.37. The number of hydrogen-bond acceptors (Lipinski definition) is 3. The largest absolute Gasteiger partial charge is 0.462 e. The number of esters is 1. The molecule has 1 fully saturated rings. The van der Waals surface area contributed by atoms with Gasteiger partial charge in [-0.05, 0) is 45.0 Å². The van der Waals surface area contributed by atoms with Gasteiger partial charge in [0.1, 0.15) is 6.10 Å². The number of alkyl halides is 1. The number of carbonyl (C=O) groups excluding carboxylic acids is 1. The molecule has 1 aliphatic heterocycles. The van der Waals surface area contributed by atoms with Crippen molar-refractivity contribution in [3.05, 3.63) is 0 Å². The molecule has 0 aliphatic carbocycles. The molecule has 0 unspecified atom stereocenters. The van der Waals surface area contributed by atoms with Crippen molar-refractivity contribution in [3.8, 4) is 0 Å². The molecule has 0 amide bonds. The van der Waals surface area contributed by atoms with Crippen molar-refractivity contribution in [2.45, 2.75) is 89.8 Å². The van der Waals surface area contributed by atoms with Crippen molar-refractivity contribution in [2.24, 2.45) is 0 Å². The third kappa shape index (κ3) is 6.02. The van der Waals surface area contributed by atoms with Crippen LogP contribution >= 0.6 is 22.6 Å². The Morgan fingerprint density at radius 3 is 2.14 bits per heavy atom. The van der Waals surface area contributed by atoms with Crippen LogP contribution in [-0.4, -0.2) is 32.6 Å². The van der Waals surface area contributed by atoms with E-state index in [1.54, 1.807) is 0 Å². The van der Waals surface area contributed by atoms with Gasteiger partial charge in [0.2, 0.25) is 0 Å². The van der Waals surface area contributed by atoms with Crippen LogP contribution < -0.4 is 0 Å². The zero-order valence-corrected chi connectivity index (χ0v) is 15.9. The summed E-state index contributed by atoms with van der Waals surface area (Å²) in [6, 6.07) is 0. The summed E-state index contributed by atoms with van der Waals surface area (Å²) in [5.74, 6) is -0.111. The van der Waals surface area contributed by atoms with E-state index in [0.29, 0.717) is 19.3 Å². The molecule has 0 spiro atoms. The fourth-order valence-electron chi connectivity index (χ4n) is 3.22. The van der Waals surface area contributed by atoms with Crippen molar-refractivity contribution in [3.63, 3.8) is 0 Å². The average molecular weight is 410 g/mol. The van der Waals surface area contributed by atoms with Crippen LogP contribution in [0.5, 0.6) is 0 Å². The molecule has 0 atom stereocenters. The zero-order valence-electron chi connectivity index (χ0n) is 13.8. The van der Waals surface area contributed by atoms with Gasteiger partial charge in [0.15, 0.2) is 0 Å². The van der Waals surface area contributed by atoms with Gasteiger partial charge in [0, 0.05) is 30.3 Å². The minimum absolute atomic E-state index is 0.111. The van der Waals surface area contributed by atoms with Gasteiger partial charge >= 0.3 is 5.97 Å². The standard InChI is InChI=1S/C16H29INO3/c1-15(2)11-13(12-16(3,4)18(15)20)21-14(19)9-7-5-6-8-10-17/h13H,5-12H2,1-4H3. The Labute approximate surface area is 142 Å². The number of nitrogens with zero attached hydrogens (tertiary/aromatic N) is 1. The first-order chi connectivity index (χ1) is 9.69. The molecule has 0 N–H and O–H groups in total. The van der Waals surface area contributed by atoms with Crippen LogP contribution in [0.3, 0.4) is 0 Å². The van der Waals surface area contributed by atoms with Crippen molar-refractivity contribution in [1.29, 1.82) is 0 Å². The summed E-state index contributed by atoms with van der Waals surface area (Å²) in [6.45, 7) is 7.69. The molecule has 0 bridgehead atoms. The van der Waals surface area contributed by atoms with Gasteiger partial charge in [-0.1, -0.05) is 35.4 Å². The van der Waals surface area contributed by atoms with E-state index in [4.69, 9.17) is 4.74 Å². The molecule has 1 rings (SSSR count). The molecule has 1 aliphatic rings. The predicted molar refractivity (Wildman–Crippen MR) is 91.8 cm³/mol. The molecule has 0 aromatic rings. The molecule has 0 aromatic heterocycles. The topological polar surface area (TPSA) is 49.4 Å². The molecular weight excluding hydrogens is 381 g/mol. The van der Waals surface area contributed by atoms with Gasteiger partial charge in [-0.25, -0.2) is 0 Å². The van der Waals surface area contributed by atoms with Gasteiger partial charge in [0.05, 0.1) is 0 Å². The number of ether oxygens (including phenoxy) is 1. The molecular formula is C16H29INO3. The minimum Gasteiger partial charge on any atom is -0.462 e. The van der Waals surface area contributed by atoms with E-state index < -0.39 is 11.1 Å². The molecule has 4 nitrogen and oxygen atoms in total. The number of rotatable bonds is 7. The fraction of sp³-hybridized carbons (Fsp3) is 0.938. The van der Waals surface area contributed by atoms with Crippen LogP contribution in [0, 0.1) is 0 Å². The first-order valence-corrected chi connectivity index (χ1v) is 9.44. The Morgan fingerprint density at radius 2 is 1.62 bits per heavy atom. The van der Waals surface area contributed by atoms with Crippen LogP contribution in [0.4, 0.5) is 0 Å². The van der Waals surface area contributed by atoms with Gasteiger partial charge in [0.25, 0.3) is 0 Å². The summed E-state index contributed by atoms with van der Waals surface area (Å²) in [7, 11) is 0. The number of unbranched alkanes of at least 4 members (excludes halogenated alkanes) is 3. The van der Waals surface area contributed by atoms with Crippen molar-refractivity contribution in [1.82, 2.24) is 5.06 Å². The van der Waals surface area contributed by atoms with Crippen LogP contribution in [0.1, 0.15) is 72.6 Å². The quantitative estimate of drug-likeness (QED) is 0.272. The summed E-state index contributed by atoms with van der Waals surface area (Å²) in [6.07, 6.45) is 5.99. The number of hydroxylamine groups is 2. The van der Waals surface area contributed by atoms with Crippen molar-refractivity contribution >= 4 is 28.6 Å². The Morgan fingerprint density at radius 1 is 1.10 bits per heavy atom. The van der Waals surface area contributed by atoms with E-state index in [1.807, 2.05) is 27.7 Å². The number of hydrogen-bond donors (Lipinski definition) is 0. The summed E-state index contributed by atoms with van der Waals surface area (Å²) in [5.41, 5.74) is -0.958. The van der Waals surface area contributed by atoms with E-state index in [2.05, 4.69) is 22.6 Å². The maximum Gasteiger partial charge on any atom is 0.306 e. The maximum atomic E-state index is 12.2. The number of piperidine rings is 1. The van der Waals surface area contributed by atoms with Crippen LogP contribution in [0.25, 0.3) is 0 Å². The maximum absolute atomic E-state index is 12.2. The van der Waals surface area contributed by atoms with Crippen LogP contribution in [-0.2, 0) is 14.7 Å². The lowest BCUT2D eigenvalue weighted by Gasteiger charge is -2.49. The molecule has 1 radical (unpaired) electrons. The van der Waals surface area contributed by atoms with E-state index in [9.17, 15) is 10.0 Å². The second-order valence-electron chi connectivity index (χ2n) is 7.29. The highest BCUT2D eigenvalue weighted by molar-refractivity contribution is 14.1. The predicted octanol–water partition coefficient (Wildman–Crippen LogP) is 4.28. The van der Waals surface area contributed by atoms with Gasteiger partial charge in [-0.3, -0.25) is 4.79 Å². The third-order valence-electron chi connectivity index (χ3n) is 4.12. The molecule has 1 saturated heterocycles. The van der Waals surface area contributed by atoms with Gasteiger partial charge < -0.3 is 4.74 Å². The van der Waals surface area contributed by atoms with Gasteiger partial charge in [-0.2, -0.15) is 0 Å². The molecule has 0 saturated carbocycles. The lowest BCUT2D eigenvalue weighted by atomic mass is 9.80. The average Bonchev–Trinajstić information content (AvgIpc) is 2.35. The normalized spacial score (nSPS) is 22.2. The van der Waals surface area contributed by atoms with Crippen LogP contribution in [0.2, 0.25) is 0 Å².